The lowest BCUT2D eigenvalue weighted by Crippen LogP contribution is -2.21. The summed E-state index contributed by atoms with van der Waals surface area (Å²) in [6.45, 7) is 1.36. The first-order valence-electron chi connectivity index (χ1n) is 12.3. The van der Waals surface area contributed by atoms with Gasteiger partial charge in [-0.05, 0) is 85.3 Å². The van der Waals surface area contributed by atoms with Crippen LogP contribution < -0.4 is 20.9 Å². The van der Waals surface area contributed by atoms with Crippen molar-refractivity contribution in [3.63, 3.8) is 0 Å². The second kappa shape index (κ2) is 10.8. The van der Waals surface area contributed by atoms with Crippen molar-refractivity contribution in [2.75, 3.05) is 33.9 Å². The molecule has 1 unspecified atom stereocenters. The molecule has 1 aliphatic rings. The lowest BCUT2D eigenvalue weighted by molar-refractivity contribution is 0.101. The average Bonchev–Trinajstić information content (AvgIpc) is 3.55. The minimum Gasteiger partial charge on any atom is -0.391 e. The number of rotatable bonds is 7. The van der Waals surface area contributed by atoms with Crippen molar-refractivity contribution in [2.24, 2.45) is 7.05 Å². The van der Waals surface area contributed by atoms with Crippen molar-refractivity contribution in [3.8, 4) is 0 Å². The van der Waals surface area contributed by atoms with Gasteiger partial charge in [0.15, 0.2) is 0 Å². The SMILES string of the molecule is Cn1cccc1C(=O)Nc1ccc(Nc2ccc(NC(=O)c3ccc(N4CCC(O)C4)cc3)cc2F)cc1. The number of nitrogens with one attached hydrogen (secondary N) is 3. The molecule has 2 amide bonds. The van der Waals surface area contributed by atoms with E-state index in [1.165, 1.54) is 6.07 Å². The van der Waals surface area contributed by atoms with Crippen LogP contribution in [0.3, 0.4) is 0 Å². The van der Waals surface area contributed by atoms with Crippen LogP contribution in [0.5, 0.6) is 0 Å². The highest BCUT2D eigenvalue weighted by Gasteiger charge is 2.20. The number of amides is 2. The van der Waals surface area contributed by atoms with Crippen LogP contribution in [-0.2, 0) is 7.05 Å². The zero-order chi connectivity index (χ0) is 26.6. The van der Waals surface area contributed by atoms with Crippen molar-refractivity contribution >= 4 is 40.3 Å². The number of nitrogens with zero attached hydrogens (tertiary/aromatic N) is 2. The predicted octanol–water partition coefficient (Wildman–Crippen LogP) is 4.98. The number of hydrogen-bond donors (Lipinski definition) is 4. The molecule has 1 saturated heterocycles. The van der Waals surface area contributed by atoms with Gasteiger partial charge < -0.3 is 30.5 Å². The van der Waals surface area contributed by atoms with E-state index in [1.807, 2.05) is 12.1 Å². The van der Waals surface area contributed by atoms with E-state index >= 15 is 0 Å². The van der Waals surface area contributed by atoms with E-state index in [0.29, 0.717) is 34.9 Å². The Morgan fingerprint density at radius 2 is 1.58 bits per heavy atom. The van der Waals surface area contributed by atoms with Gasteiger partial charge in [0.2, 0.25) is 0 Å². The van der Waals surface area contributed by atoms with Crippen molar-refractivity contribution < 1.29 is 19.1 Å². The van der Waals surface area contributed by atoms with Crippen molar-refractivity contribution in [3.05, 3.63) is 102 Å². The fraction of sp³-hybridized carbons (Fsp3) is 0.172. The standard InChI is InChI=1S/C29H28FN5O3/c1-34-15-2-3-27(34)29(38)32-21-8-6-20(7-9-21)31-26-13-10-22(17-25(26)30)33-28(37)19-4-11-23(12-5-19)35-16-14-24(36)18-35/h2-13,15,17,24,31,36H,14,16,18H2,1H3,(H,32,38)(H,33,37). The zero-order valence-corrected chi connectivity index (χ0v) is 20.8. The number of halogens is 1. The molecular formula is C29H28FN5O3. The number of aryl methyl sites for hydroxylation is 1. The van der Waals surface area contributed by atoms with E-state index in [4.69, 9.17) is 0 Å². The number of carbonyl (C=O) groups is 2. The Morgan fingerprint density at radius 3 is 2.21 bits per heavy atom. The van der Waals surface area contributed by atoms with Crippen LogP contribution in [0.1, 0.15) is 27.3 Å². The molecule has 38 heavy (non-hydrogen) atoms. The highest BCUT2D eigenvalue weighted by Crippen LogP contribution is 2.25. The molecule has 5 rings (SSSR count). The summed E-state index contributed by atoms with van der Waals surface area (Å²) in [5.74, 6) is -1.08. The molecule has 2 heterocycles. The normalized spacial score (nSPS) is 14.8. The molecule has 8 nitrogen and oxygen atoms in total. The van der Waals surface area contributed by atoms with E-state index in [9.17, 15) is 19.1 Å². The fourth-order valence-corrected chi connectivity index (χ4v) is 4.38. The summed E-state index contributed by atoms with van der Waals surface area (Å²) in [4.78, 5) is 27.1. The second-order valence-corrected chi connectivity index (χ2v) is 9.24. The molecule has 4 aromatic rings. The number of β-amino-alcohol motifs (C(OH)–C–C–N with tert-alkyl or cyclic N) is 1. The number of hydrogen-bond acceptors (Lipinski definition) is 5. The van der Waals surface area contributed by atoms with Gasteiger partial charge in [0.1, 0.15) is 11.5 Å². The summed E-state index contributed by atoms with van der Waals surface area (Å²) in [6.07, 6.45) is 2.21. The Hall–Kier alpha value is -4.63. The highest BCUT2D eigenvalue weighted by molar-refractivity contribution is 6.04. The van der Waals surface area contributed by atoms with E-state index in [2.05, 4.69) is 20.9 Å². The van der Waals surface area contributed by atoms with E-state index in [-0.39, 0.29) is 23.6 Å². The molecule has 1 aliphatic heterocycles. The van der Waals surface area contributed by atoms with E-state index < -0.39 is 5.82 Å². The predicted molar refractivity (Wildman–Crippen MR) is 147 cm³/mol. The van der Waals surface area contributed by atoms with Crippen molar-refractivity contribution in [2.45, 2.75) is 12.5 Å². The molecule has 194 valence electrons. The van der Waals surface area contributed by atoms with Gasteiger partial charge in [-0.15, -0.1) is 0 Å². The Balaban J connectivity index is 1.18. The first kappa shape index (κ1) is 25.0. The quantitative estimate of drug-likeness (QED) is 0.279. The lowest BCUT2D eigenvalue weighted by atomic mass is 10.1. The topological polar surface area (TPSA) is 98.6 Å². The van der Waals surface area contributed by atoms with Gasteiger partial charge in [-0.3, -0.25) is 9.59 Å². The molecule has 0 saturated carbocycles. The molecule has 9 heteroatoms. The number of aliphatic hydroxyl groups is 1. The van der Waals surface area contributed by atoms with Gasteiger partial charge in [0, 0.05) is 54.6 Å². The van der Waals surface area contributed by atoms with E-state index in [1.54, 1.807) is 78.5 Å². The van der Waals surface area contributed by atoms with Gasteiger partial charge in [0.25, 0.3) is 11.8 Å². The fourth-order valence-electron chi connectivity index (χ4n) is 4.38. The highest BCUT2D eigenvalue weighted by atomic mass is 19.1. The molecule has 0 aliphatic carbocycles. The summed E-state index contributed by atoms with van der Waals surface area (Å²) >= 11 is 0. The molecule has 1 aromatic heterocycles. The molecule has 0 radical (unpaired) electrons. The summed E-state index contributed by atoms with van der Waals surface area (Å²) in [7, 11) is 1.80. The van der Waals surface area contributed by atoms with Gasteiger partial charge in [0.05, 0.1) is 11.8 Å². The Kier molecular flexibility index (Phi) is 7.10. The van der Waals surface area contributed by atoms with Crippen LogP contribution in [0.15, 0.2) is 85.1 Å². The number of anilines is 5. The second-order valence-electron chi connectivity index (χ2n) is 9.24. The van der Waals surface area contributed by atoms with Gasteiger partial charge in [-0.2, -0.15) is 0 Å². The number of benzene rings is 3. The molecular weight excluding hydrogens is 485 g/mol. The van der Waals surface area contributed by atoms with Gasteiger partial charge in [-0.25, -0.2) is 4.39 Å². The van der Waals surface area contributed by atoms with Crippen LogP contribution in [0.2, 0.25) is 0 Å². The molecule has 1 atom stereocenters. The molecule has 1 fully saturated rings. The van der Waals surface area contributed by atoms with Gasteiger partial charge >= 0.3 is 0 Å². The summed E-state index contributed by atoms with van der Waals surface area (Å²) in [5, 5.41) is 18.3. The summed E-state index contributed by atoms with van der Waals surface area (Å²) in [6, 6.07) is 22.0. The maximum Gasteiger partial charge on any atom is 0.272 e. The van der Waals surface area contributed by atoms with Crippen molar-refractivity contribution in [1.82, 2.24) is 4.57 Å². The Bertz CT molecular complexity index is 1450. The van der Waals surface area contributed by atoms with Crippen LogP contribution >= 0.6 is 0 Å². The Labute approximate surface area is 219 Å². The first-order chi connectivity index (χ1) is 18.4. The average molecular weight is 514 g/mol. The third-order valence-corrected chi connectivity index (χ3v) is 6.48. The number of aliphatic hydroxyl groups excluding tert-OH is 1. The van der Waals surface area contributed by atoms with Crippen LogP contribution in [0.4, 0.5) is 32.8 Å². The van der Waals surface area contributed by atoms with Crippen LogP contribution in [-0.4, -0.2) is 40.7 Å². The minimum absolute atomic E-state index is 0.218. The van der Waals surface area contributed by atoms with Crippen LogP contribution in [0, 0.1) is 5.82 Å². The third-order valence-electron chi connectivity index (χ3n) is 6.48. The van der Waals surface area contributed by atoms with Gasteiger partial charge in [-0.1, -0.05) is 0 Å². The van der Waals surface area contributed by atoms with Crippen LogP contribution in [0.25, 0.3) is 0 Å². The lowest BCUT2D eigenvalue weighted by Gasteiger charge is -2.18. The number of carbonyl (C=O) groups excluding carboxylic acids is 2. The minimum atomic E-state index is -0.521. The van der Waals surface area contributed by atoms with Crippen molar-refractivity contribution in [1.29, 1.82) is 0 Å². The largest absolute Gasteiger partial charge is 0.391 e. The first-order valence-corrected chi connectivity index (χ1v) is 12.3. The maximum absolute atomic E-state index is 14.8. The monoisotopic (exact) mass is 513 g/mol. The molecule has 0 spiro atoms. The smallest absolute Gasteiger partial charge is 0.272 e. The number of aromatic nitrogens is 1. The third kappa shape index (κ3) is 5.68. The zero-order valence-electron chi connectivity index (χ0n) is 20.8. The maximum atomic E-state index is 14.8. The molecule has 0 bridgehead atoms. The molecule has 3 aromatic carbocycles. The van der Waals surface area contributed by atoms with E-state index in [0.717, 1.165) is 18.7 Å². The molecule has 4 N–H and O–H groups in total. The summed E-state index contributed by atoms with van der Waals surface area (Å²) < 4.78 is 16.5. The summed E-state index contributed by atoms with van der Waals surface area (Å²) in [5.41, 5.74) is 3.79. The Morgan fingerprint density at radius 1 is 0.895 bits per heavy atom.